The molecule has 17 heavy (non-hydrogen) atoms. The molecule has 0 saturated carbocycles. The van der Waals surface area contributed by atoms with Crippen molar-refractivity contribution < 1.29 is 0 Å². The molecule has 0 radical (unpaired) electrons. The highest BCUT2D eigenvalue weighted by atomic mass is 35.5. The summed E-state index contributed by atoms with van der Waals surface area (Å²) in [5.74, 6) is 0.779. The molecule has 88 valence electrons. The van der Waals surface area contributed by atoms with E-state index < -0.39 is 0 Å². The van der Waals surface area contributed by atoms with Crippen LogP contribution < -0.4 is 5.32 Å². The Kier molecular flexibility index (Phi) is 3.59. The van der Waals surface area contributed by atoms with Crippen LogP contribution in [0.3, 0.4) is 0 Å². The molecule has 4 heteroatoms. The monoisotopic (exact) mass is 247 g/mol. The van der Waals surface area contributed by atoms with Gasteiger partial charge in [0.2, 0.25) is 0 Å². The molecule has 1 aromatic heterocycles. The number of anilines is 2. The second-order valence-electron chi connectivity index (χ2n) is 3.79. The summed E-state index contributed by atoms with van der Waals surface area (Å²) < 4.78 is 0. The standard InChI is InChI=1S/C13H14ClN3/c1-3-10-12(14)15-8-16-13(10)17-11-7-5-4-6-9(11)2/h4-8H,3H2,1-2H3,(H,15,16,17). The maximum atomic E-state index is 6.04. The third-order valence-corrected chi connectivity index (χ3v) is 2.97. The SMILES string of the molecule is CCc1c(Cl)ncnc1Nc1ccccc1C. The van der Waals surface area contributed by atoms with Crippen LogP contribution in [-0.2, 0) is 6.42 Å². The topological polar surface area (TPSA) is 37.8 Å². The van der Waals surface area contributed by atoms with Gasteiger partial charge in [-0.05, 0) is 25.0 Å². The molecule has 0 fully saturated rings. The molecule has 1 aromatic carbocycles. The van der Waals surface area contributed by atoms with E-state index in [1.807, 2.05) is 25.1 Å². The van der Waals surface area contributed by atoms with Crippen LogP contribution in [0.4, 0.5) is 11.5 Å². The van der Waals surface area contributed by atoms with Gasteiger partial charge < -0.3 is 5.32 Å². The summed E-state index contributed by atoms with van der Waals surface area (Å²) >= 11 is 6.04. The van der Waals surface area contributed by atoms with Crippen LogP contribution in [0.2, 0.25) is 5.15 Å². The van der Waals surface area contributed by atoms with Crippen molar-refractivity contribution in [1.82, 2.24) is 9.97 Å². The third-order valence-electron chi connectivity index (χ3n) is 2.64. The van der Waals surface area contributed by atoms with Crippen LogP contribution >= 0.6 is 11.6 Å². The highest BCUT2D eigenvalue weighted by Crippen LogP contribution is 2.25. The van der Waals surface area contributed by atoms with Gasteiger partial charge >= 0.3 is 0 Å². The predicted molar refractivity (Wildman–Crippen MR) is 70.9 cm³/mol. The molecule has 2 rings (SSSR count). The van der Waals surface area contributed by atoms with Crippen molar-refractivity contribution in [2.24, 2.45) is 0 Å². The van der Waals surface area contributed by atoms with Crippen molar-refractivity contribution in [3.05, 3.63) is 46.9 Å². The van der Waals surface area contributed by atoms with Gasteiger partial charge in [-0.25, -0.2) is 9.97 Å². The zero-order valence-corrected chi connectivity index (χ0v) is 10.6. The molecule has 0 saturated heterocycles. The Balaban J connectivity index is 2.37. The fraction of sp³-hybridized carbons (Fsp3) is 0.231. The Bertz CT molecular complexity index is 526. The number of hydrogen-bond acceptors (Lipinski definition) is 3. The number of aryl methyl sites for hydroxylation is 1. The Morgan fingerprint density at radius 1 is 1.24 bits per heavy atom. The molecular weight excluding hydrogens is 234 g/mol. The van der Waals surface area contributed by atoms with E-state index in [4.69, 9.17) is 11.6 Å². The second kappa shape index (κ2) is 5.15. The van der Waals surface area contributed by atoms with Gasteiger partial charge in [0.25, 0.3) is 0 Å². The summed E-state index contributed by atoms with van der Waals surface area (Å²) in [5, 5.41) is 3.81. The lowest BCUT2D eigenvalue weighted by molar-refractivity contribution is 1.05. The van der Waals surface area contributed by atoms with Gasteiger partial charge in [-0.2, -0.15) is 0 Å². The second-order valence-corrected chi connectivity index (χ2v) is 4.14. The first-order valence-corrected chi connectivity index (χ1v) is 5.92. The number of rotatable bonds is 3. The minimum atomic E-state index is 0.513. The van der Waals surface area contributed by atoms with Crippen LogP contribution in [0, 0.1) is 6.92 Å². The number of nitrogens with zero attached hydrogens (tertiary/aromatic N) is 2. The van der Waals surface area contributed by atoms with Crippen molar-refractivity contribution in [3.63, 3.8) is 0 Å². The number of halogens is 1. The van der Waals surface area contributed by atoms with Crippen LogP contribution in [0.1, 0.15) is 18.1 Å². The Morgan fingerprint density at radius 2 is 2.00 bits per heavy atom. The summed E-state index contributed by atoms with van der Waals surface area (Å²) in [4.78, 5) is 8.23. The van der Waals surface area contributed by atoms with Gasteiger partial charge in [-0.1, -0.05) is 36.7 Å². The maximum Gasteiger partial charge on any atom is 0.138 e. The van der Waals surface area contributed by atoms with E-state index in [9.17, 15) is 0 Å². The zero-order valence-electron chi connectivity index (χ0n) is 9.87. The van der Waals surface area contributed by atoms with E-state index >= 15 is 0 Å². The molecule has 1 heterocycles. The first-order valence-electron chi connectivity index (χ1n) is 5.54. The summed E-state index contributed by atoms with van der Waals surface area (Å²) in [6.45, 7) is 4.09. The zero-order chi connectivity index (χ0) is 12.3. The largest absolute Gasteiger partial charge is 0.340 e. The molecule has 0 unspecified atom stereocenters. The Hall–Kier alpha value is -1.61. The third kappa shape index (κ3) is 2.56. The van der Waals surface area contributed by atoms with Crippen molar-refractivity contribution in [2.45, 2.75) is 20.3 Å². The molecule has 0 atom stereocenters. The van der Waals surface area contributed by atoms with E-state index in [1.54, 1.807) is 0 Å². The van der Waals surface area contributed by atoms with Crippen LogP contribution in [0.25, 0.3) is 0 Å². The average Bonchev–Trinajstić information content (AvgIpc) is 2.32. The van der Waals surface area contributed by atoms with E-state index in [0.717, 1.165) is 23.5 Å². The highest BCUT2D eigenvalue weighted by molar-refractivity contribution is 6.30. The van der Waals surface area contributed by atoms with E-state index in [1.165, 1.54) is 11.9 Å². The molecule has 0 aliphatic heterocycles. The summed E-state index contributed by atoms with van der Waals surface area (Å²) in [6.07, 6.45) is 2.27. The van der Waals surface area contributed by atoms with Crippen LogP contribution in [-0.4, -0.2) is 9.97 Å². The van der Waals surface area contributed by atoms with E-state index in [2.05, 4.69) is 28.3 Å². The predicted octanol–water partition coefficient (Wildman–Crippen LogP) is 3.74. The van der Waals surface area contributed by atoms with E-state index in [0.29, 0.717) is 5.15 Å². The molecule has 0 spiro atoms. The molecule has 2 aromatic rings. The van der Waals surface area contributed by atoms with Crippen molar-refractivity contribution in [3.8, 4) is 0 Å². The molecule has 1 N–H and O–H groups in total. The summed E-state index contributed by atoms with van der Waals surface area (Å²) in [7, 11) is 0. The summed E-state index contributed by atoms with van der Waals surface area (Å²) in [5.41, 5.74) is 3.15. The minimum absolute atomic E-state index is 0.513. The van der Waals surface area contributed by atoms with Crippen molar-refractivity contribution in [2.75, 3.05) is 5.32 Å². The molecule has 0 amide bonds. The first-order chi connectivity index (χ1) is 8.22. The Morgan fingerprint density at radius 3 is 2.71 bits per heavy atom. The number of para-hydroxylation sites is 1. The number of nitrogens with one attached hydrogen (secondary N) is 1. The fourth-order valence-electron chi connectivity index (χ4n) is 1.65. The lowest BCUT2D eigenvalue weighted by Crippen LogP contribution is -2.01. The average molecular weight is 248 g/mol. The van der Waals surface area contributed by atoms with Crippen LogP contribution in [0.15, 0.2) is 30.6 Å². The lowest BCUT2D eigenvalue weighted by atomic mass is 10.2. The van der Waals surface area contributed by atoms with Gasteiger partial charge in [-0.15, -0.1) is 0 Å². The minimum Gasteiger partial charge on any atom is -0.340 e. The van der Waals surface area contributed by atoms with Gasteiger partial charge in [0.1, 0.15) is 17.3 Å². The fourth-order valence-corrected chi connectivity index (χ4v) is 1.92. The molecule has 0 bridgehead atoms. The van der Waals surface area contributed by atoms with Gasteiger partial charge in [-0.3, -0.25) is 0 Å². The molecule has 0 aliphatic rings. The molecule has 3 nitrogen and oxygen atoms in total. The highest BCUT2D eigenvalue weighted by Gasteiger charge is 2.08. The first kappa shape index (κ1) is 11.9. The van der Waals surface area contributed by atoms with Crippen molar-refractivity contribution >= 4 is 23.1 Å². The number of aromatic nitrogens is 2. The van der Waals surface area contributed by atoms with Crippen molar-refractivity contribution in [1.29, 1.82) is 0 Å². The molecular formula is C13H14ClN3. The van der Waals surface area contributed by atoms with E-state index in [-0.39, 0.29) is 0 Å². The molecule has 0 aliphatic carbocycles. The number of benzene rings is 1. The van der Waals surface area contributed by atoms with Gasteiger partial charge in [0.05, 0.1) is 0 Å². The summed E-state index contributed by atoms with van der Waals surface area (Å²) in [6, 6.07) is 8.07. The van der Waals surface area contributed by atoms with Gasteiger partial charge in [0, 0.05) is 11.3 Å². The number of hydrogen-bond donors (Lipinski definition) is 1. The normalized spacial score (nSPS) is 10.3. The Labute approximate surface area is 106 Å². The lowest BCUT2D eigenvalue weighted by Gasteiger charge is -2.12. The maximum absolute atomic E-state index is 6.04. The quantitative estimate of drug-likeness (QED) is 0.840. The smallest absolute Gasteiger partial charge is 0.138 e. The van der Waals surface area contributed by atoms with Gasteiger partial charge in [0.15, 0.2) is 0 Å². The van der Waals surface area contributed by atoms with Crippen LogP contribution in [0.5, 0.6) is 0 Å².